The van der Waals surface area contributed by atoms with Gasteiger partial charge < -0.3 is 14.7 Å². The number of benzene rings is 1. The summed E-state index contributed by atoms with van der Waals surface area (Å²) in [7, 11) is 1.62. The minimum Gasteiger partial charge on any atom is -0.496 e. The van der Waals surface area contributed by atoms with Crippen LogP contribution in [0.2, 0.25) is 0 Å². The van der Waals surface area contributed by atoms with Gasteiger partial charge >= 0.3 is 5.97 Å². The molecule has 1 aromatic rings. The molecule has 1 saturated heterocycles. The van der Waals surface area contributed by atoms with Crippen LogP contribution >= 0.6 is 0 Å². The van der Waals surface area contributed by atoms with Crippen molar-refractivity contribution in [2.45, 2.75) is 27.2 Å². The highest BCUT2D eigenvalue weighted by atomic mass is 16.5. The van der Waals surface area contributed by atoms with Crippen molar-refractivity contribution in [3.05, 3.63) is 22.8 Å². The van der Waals surface area contributed by atoms with E-state index >= 15 is 0 Å². The van der Waals surface area contributed by atoms with Gasteiger partial charge in [0.1, 0.15) is 5.75 Å². The summed E-state index contributed by atoms with van der Waals surface area (Å²) in [5.74, 6) is -0.859. The summed E-state index contributed by atoms with van der Waals surface area (Å²) in [6.07, 6.45) is 0.0684. The van der Waals surface area contributed by atoms with Crippen molar-refractivity contribution in [3.8, 4) is 5.75 Å². The molecule has 5 nitrogen and oxygen atoms in total. The van der Waals surface area contributed by atoms with Gasteiger partial charge in [-0.2, -0.15) is 0 Å². The standard InChI is InChI=1S/C15H19NO4/c1-8-5-12(9(2)10(3)14(8)20-4)16-7-11(15(18)19)6-13(16)17/h5,11H,6-7H2,1-4H3,(H,18,19). The molecule has 1 aliphatic heterocycles. The van der Waals surface area contributed by atoms with Gasteiger partial charge in [-0.25, -0.2) is 0 Å². The SMILES string of the molecule is COc1c(C)cc(N2CC(C(=O)O)CC2=O)c(C)c1C. The number of ether oxygens (including phenoxy) is 1. The Hall–Kier alpha value is -2.04. The molecule has 1 unspecified atom stereocenters. The Labute approximate surface area is 118 Å². The fourth-order valence-electron chi connectivity index (χ4n) is 2.74. The summed E-state index contributed by atoms with van der Waals surface area (Å²) in [4.78, 5) is 24.7. The van der Waals surface area contributed by atoms with E-state index in [0.717, 1.165) is 28.1 Å². The van der Waals surface area contributed by atoms with Crippen molar-refractivity contribution in [1.82, 2.24) is 0 Å². The average molecular weight is 277 g/mol. The van der Waals surface area contributed by atoms with Crippen LogP contribution in [-0.2, 0) is 9.59 Å². The molecule has 0 bridgehead atoms. The maximum Gasteiger partial charge on any atom is 0.308 e. The molecule has 5 heteroatoms. The van der Waals surface area contributed by atoms with E-state index in [0.29, 0.717) is 0 Å². The number of carboxylic acids is 1. The zero-order valence-electron chi connectivity index (χ0n) is 12.2. The molecule has 1 aromatic carbocycles. The first-order valence-electron chi connectivity index (χ1n) is 6.54. The molecule has 1 N–H and O–H groups in total. The third-order valence-corrected chi connectivity index (χ3v) is 3.97. The molecule has 0 radical (unpaired) electrons. The first-order valence-corrected chi connectivity index (χ1v) is 6.54. The molecule has 0 saturated carbocycles. The fourth-order valence-corrected chi connectivity index (χ4v) is 2.74. The summed E-state index contributed by atoms with van der Waals surface area (Å²) < 4.78 is 5.36. The minimum atomic E-state index is -0.916. The molecule has 2 rings (SSSR count). The predicted molar refractivity (Wildman–Crippen MR) is 75.3 cm³/mol. The number of aliphatic carboxylic acids is 1. The quantitative estimate of drug-likeness (QED) is 0.918. The number of hydrogen-bond acceptors (Lipinski definition) is 3. The van der Waals surface area contributed by atoms with E-state index in [1.54, 1.807) is 12.0 Å². The maximum absolute atomic E-state index is 12.1. The molecule has 1 aliphatic rings. The third kappa shape index (κ3) is 2.24. The highest BCUT2D eigenvalue weighted by molar-refractivity contribution is 6.00. The Morgan fingerprint density at radius 3 is 2.50 bits per heavy atom. The number of nitrogens with zero attached hydrogens (tertiary/aromatic N) is 1. The largest absolute Gasteiger partial charge is 0.496 e. The van der Waals surface area contributed by atoms with Crippen LogP contribution in [0.5, 0.6) is 5.75 Å². The van der Waals surface area contributed by atoms with Crippen molar-refractivity contribution < 1.29 is 19.4 Å². The molecule has 0 aliphatic carbocycles. The molecule has 108 valence electrons. The van der Waals surface area contributed by atoms with E-state index < -0.39 is 11.9 Å². The third-order valence-electron chi connectivity index (χ3n) is 3.97. The van der Waals surface area contributed by atoms with Gasteiger partial charge in [0.15, 0.2) is 0 Å². The lowest BCUT2D eigenvalue weighted by Crippen LogP contribution is -2.27. The molecular formula is C15H19NO4. The van der Waals surface area contributed by atoms with E-state index in [1.807, 2.05) is 26.8 Å². The summed E-state index contributed by atoms with van der Waals surface area (Å²) in [6.45, 7) is 6.03. The summed E-state index contributed by atoms with van der Waals surface area (Å²) in [5, 5.41) is 9.06. The highest BCUT2D eigenvalue weighted by Crippen LogP contribution is 2.36. The number of rotatable bonds is 3. The number of hydrogen-bond donors (Lipinski definition) is 1. The number of amides is 1. The van der Waals surface area contributed by atoms with Gasteiger partial charge in [0.05, 0.1) is 13.0 Å². The van der Waals surface area contributed by atoms with E-state index in [9.17, 15) is 9.59 Å². The van der Waals surface area contributed by atoms with Crippen LogP contribution in [0.3, 0.4) is 0 Å². The highest BCUT2D eigenvalue weighted by Gasteiger charge is 2.36. The van der Waals surface area contributed by atoms with Crippen LogP contribution in [0.15, 0.2) is 6.07 Å². The van der Waals surface area contributed by atoms with Gasteiger partial charge in [0.2, 0.25) is 5.91 Å². The van der Waals surface area contributed by atoms with Gasteiger partial charge in [-0.15, -0.1) is 0 Å². The van der Waals surface area contributed by atoms with Gasteiger partial charge in [0, 0.05) is 18.7 Å². The fraction of sp³-hybridized carbons (Fsp3) is 0.467. The van der Waals surface area contributed by atoms with Crippen LogP contribution in [0.25, 0.3) is 0 Å². The Kier molecular flexibility index (Phi) is 3.70. The molecular weight excluding hydrogens is 258 g/mol. The summed E-state index contributed by atoms with van der Waals surface area (Å²) >= 11 is 0. The maximum atomic E-state index is 12.1. The second-order valence-corrected chi connectivity index (χ2v) is 5.24. The minimum absolute atomic E-state index is 0.0684. The molecule has 0 spiro atoms. The normalized spacial score (nSPS) is 18.5. The first-order chi connectivity index (χ1) is 9.36. The van der Waals surface area contributed by atoms with E-state index in [4.69, 9.17) is 9.84 Å². The number of carboxylic acid groups (broad SMARTS) is 1. The molecule has 1 atom stereocenters. The van der Waals surface area contributed by atoms with Gasteiger partial charge in [-0.05, 0) is 43.5 Å². The molecule has 0 aromatic heterocycles. The zero-order valence-corrected chi connectivity index (χ0v) is 12.2. The first kappa shape index (κ1) is 14.4. The Bertz CT molecular complexity index is 580. The van der Waals surface area contributed by atoms with Crippen LogP contribution in [-0.4, -0.2) is 30.6 Å². The number of methoxy groups -OCH3 is 1. The number of anilines is 1. The lowest BCUT2D eigenvalue weighted by atomic mass is 10.0. The second kappa shape index (κ2) is 5.15. The van der Waals surface area contributed by atoms with Crippen molar-refractivity contribution in [1.29, 1.82) is 0 Å². The molecule has 1 fully saturated rings. The van der Waals surface area contributed by atoms with Crippen molar-refractivity contribution in [2.24, 2.45) is 5.92 Å². The van der Waals surface area contributed by atoms with Crippen molar-refractivity contribution in [2.75, 3.05) is 18.6 Å². The molecule has 1 heterocycles. The lowest BCUT2D eigenvalue weighted by molar-refractivity contribution is -0.141. The second-order valence-electron chi connectivity index (χ2n) is 5.24. The van der Waals surface area contributed by atoms with Crippen LogP contribution < -0.4 is 9.64 Å². The average Bonchev–Trinajstić information content (AvgIpc) is 2.77. The van der Waals surface area contributed by atoms with E-state index in [2.05, 4.69) is 0 Å². The smallest absolute Gasteiger partial charge is 0.308 e. The van der Waals surface area contributed by atoms with E-state index in [1.165, 1.54) is 0 Å². The van der Waals surface area contributed by atoms with Crippen LogP contribution in [0.1, 0.15) is 23.1 Å². The summed E-state index contributed by atoms with van der Waals surface area (Å²) in [5.41, 5.74) is 3.66. The number of carbonyl (C=O) groups is 2. The molecule has 1 amide bonds. The zero-order chi connectivity index (χ0) is 15.0. The Morgan fingerprint density at radius 2 is 2.00 bits per heavy atom. The number of carbonyl (C=O) groups excluding carboxylic acids is 1. The predicted octanol–water partition coefficient (Wildman–Crippen LogP) is 2.06. The van der Waals surface area contributed by atoms with Gasteiger partial charge in [-0.3, -0.25) is 9.59 Å². The number of aryl methyl sites for hydroxylation is 1. The van der Waals surface area contributed by atoms with Gasteiger partial charge in [0.25, 0.3) is 0 Å². The monoisotopic (exact) mass is 277 g/mol. The Balaban J connectivity index is 2.44. The Morgan fingerprint density at radius 1 is 1.35 bits per heavy atom. The van der Waals surface area contributed by atoms with Crippen molar-refractivity contribution in [3.63, 3.8) is 0 Å². The topological polar surface area (TPSA) is 66.8 Å². The lowest BCUT2D eigenvalue weighted by Gasteiger charge is -2.22. The van der Waals surface area contributed by atoms with Crippen molar-refractivity contribution >= 4 is 17.6 Å². The van der Waals surface area contributed by atoms with Crippen LogP contribution in [0, 0.1) is 26.7 Å². The van der Waals surface area contributed by atoms with E-state index in [-0.39, 0.29) is 18.9 Å². The molecule has 20 heavy (non-hydrogen) atoms. The van der Waals surface area contributed by atoms with Crippen LogP contribution in [0.4, 0.5) is 5.69 Å². The summed E-state index contributed by atoms with van der Waals surface area (Å²) in [6, 6.07) is 1.89. The van der Waals surface area contributed by atoms with Gasteiger partial charge in [-0.1, -0.05) is 0 Å².